The molecule has 6 nitrogen and oxygen atoms in total. The van der Waals surface area contributed by atoms with E-state index in [1.807, 2.05) is 17.6 Å². The van der Waals surface area contributed by atoms with Crippen LogP contribution in [-0.2, 0) is 6.54 Å². The van der Waals surface area contributed by atoms with E-state index in [4.69, 9.17) is 12.2 Å². The van der Waals surface area contributed by atoms with Crippen molar-refractivity contribution in [2.45, 2.75) is 13.5 Å². The van der Waals surface area contributed by atoms with Gasteiger partial charge in [-0.2, -0.15) is 0 Å². The van der Waals surface area contributed by atoms with Crippen LogP contribution >= 0.6 is 12.2 Å². The molecule has 0 saturated heterocycles. The maximum atomic E-state index is 11.4. The predicted molar refractivity (Wildman–Crippen MR) is 76.7 cm³/mol. The molecule has 102 valence electrons. The summed E-state index contributed by atoms with van der Waals surface area (Å²) in [6.07, 6.45) is 1.81. The van der Waals surface area contributed by atoms with Crippen LogP contribution in [0.25, 0.3) is 11.2 Å². The molecule has 2 heterocycles. The zero-order valence-electron chi connectivity index (χ0n) is 11.2. The number of nitrogens with zero attached hydrogens (tertiary/aromatic N) is 3. The van der Waals surface area contributed by atoms with Crippen LogP contribution < -0.4 is 5.32 Å². The van der Waals surface area contributed by atoms with Gasteiger partial charge in [0.15, 0.2) is 10.4 Å². The first-order valence-electron chi connectivity index (χ1n) is 5.99. The molecule has 0 atom stereocenters. The van der Waals surface area contributed by atoms with Gasteiger partial charge in [0.05, 0.1) is 5.52 Å². The normalized spacial score (nSPS) is 10.7. The lowest BCUT2D eigenvalue weighted by Gasteiger charge is -2.12. The number of nitrogens with one attached hydrogen (secondary N) is 2. The average Bonchev–Trinajstić information content (AvgIpc) is 2.64. The van der Waals surface area contributed by atoms with Crippen molar-refractivity contribution in [1.82, 2.24) is 24.8 Å². The summed E-state index contributed by atoms with van der Waals surface area (Å²) < 4.78 is 2.51. The number of aromatic nitrogens is 3. The van der Waals surface area contributed by atoms with E-state index in [1.54, 1.807) is 20.3 Å². The minimum Gasteiger partial charge on any atom is -0.336 e. The monoisotopic (exact) mass is 279 g/mol. The molecule has 0 bridgehead atoms. The van der Waals surface area contributed by atoms with Gasteiger partial charge in [0, 0.05) is 33.4 Å². The quantitative estimate of drug-likeness (QED) is 0.840. The van der Waals surface area contributed by atoms with E-state index in [1.165, 1.54) is 4.90 Å². The van der Waals surface area contributed by atoms with Gasteiger partial charge in [-0.1, -0.05) is 0 Å². The van der Waals surface area contributed by atoms with Gasteiger partial charge < -0.3 is 15.2 Å². The van der Waals surface area contributed by atoms with Crippen LogP contribution in [0.2, 0.25) is 0 Å². The molecule has 0 aliphatic heterocycles. The third kappa shape index (κ3) is 2.93. The Balaban J connectivity index is 2.15. The van der Waals surface area contributed by atoms with Crippen LogP contribution in [0.3, 0.4) is 0 Å². The van der Waals surface area contributed by atoms with E-state index >= 15 is 0 Å². The van der Waals surface area contributed by atoms with E-state index in [0.29, 0.717) is 17.9 Å². The molecule has 0 aliphatic rings. The summed E-state index contributed by atoms with van der Waals surface area (Å²) in [6.45, 7) is 3.08. The largest absolute Gasteiger partial charge is 0.336 e. The van der Waals surface area contributed by atoms with Crippen molar-refractivity contribution in [1.29, 1.82) is 0 Å². The fourth-order valence-corrected chi connectivity index (χ4v) is 2.08. The zero-order chi connectivity index (χ0) is 14.0. The highest BCUT2D eigenvalue weighted by atomic mass is 32.1. The SMILES string of the molecule is Cc1cnc2c(c1)[nH]c(=S)n2CCNC(=O)N(C)C. The second kappa shape index (κ2) is 5.40. The van der Waals surface area contributed by atoms with Gasteiger partial charge in [0.1, 0.15) is 0 Å². The maximum Gasteiger partial charge on any atom is 0.316 e. The summed E-state index contributed by atoms with van der Waals surface area (Å²) >= 11 is 5.27. The number of aryl methyl sites for hydroxylation is 1. The fourth-order valence-electron chi connectivity index (χ4n) is 1.79. The molecule has 2 aromatic rings. The van der Waals surface area contributed by atoms with Crippen LogP contribution in [0.5, 0.6) is 0 Å². The number of pyridine rings is 1. The Morgan fingerprint density at radius 1 is 1.58 bits per heavy atom. The van der Waals surface area contributed by atoms with E-state index in [2.05, 4.69) is 15.3 Å². The Labute approximate surface area is 116 Å². The van der Waals surface area contributed by atoms with Gasteiger partial charge in [0.25, 0.3) is 0 Å². The molecule has 0 spiro atoms. The molecule has 0 saturated carbocycles. The lowest BCUT2D eigenvalue weighted by atomic mass is 10.3. The Kier molecular flexibility index (Phi) is 3.84. The number of imidazole rings is 1. The van der Waals surface area contributed by atoms with Gasteiger partial charge in [-0.05, 0) is 30.8 Å². The second-order valence-corrected chi connectivity index (χ2v) is 4.98. The number of carbonyl (C=O) groups excluding carboxylic acids is 1. The van der Waals surface area contributed by atoms with Gasteiger partial charge in [-0.15, -0.1) is 0 Å². The summed E-state index contributed by atoms with van der Waals surface area (Å²) in [5, 5.41) is 2.80. The van der Waals surface area contributed by atoms with Crippen molar-refractivity contribution in [3.05, 3.63) is 22.6 Å². The van der Waals surface area contributed by atoms with Gasteiger partial charge in [-0.25, -0.2) is 9.78 Å². The Morgan fingerprint density at radius 3 is 3.00 bits per heavy atom. The minimum absolute atomic E-state index is 0.116. The standard InChI is InChI=1S/C12H17N5OS/c1-8-6-9-10(14-7-8)17(12(19)15-9)5-4-13-11(18)16(2)3/h6-7H,4-5H2,1-3H3,(H,13,18)(H,15,19). The van der Waals surface area contributed by atoms with Crippen molar-refractivity contribution in [2.24, 2.45) is 0 Å². The molecular weight excluding hydrogens is 262 g/mol. The number of rotatable bonds is 3. The molecule has 0 aliphatic carbocycles. The van der Waals surface area contributed by atoms with Crippen LogP contribution in [0, 0.1) is 11.7 Å². The van der Waals surface area contributed by atoms with Crippen molar-refractivity contribution < 1.29 is 4.79 Å². The number of H-pyrrole nitrogens is 1. The van der Waals surface area contributed by atoms with Gasteiger partial charge in [-0.3, -0.25) is 4.57 Å². The lowest BCUT2D eigenvalue weighted by molar-refractivity contribution is 0.217. The van der Waals surface area contributed by atoms with E-state index in [9.17, 15) is 4.79 Å². The maximum absolute atomic E-state index is 11.4. The van der Waals surface area contributed by atoms with Crippen LogP contribution in [0.4, 0.5) is 4.79 Å². The Bertz CT molecular complexity index is 658. The molecule has 0 unspecified atom stereocenters. The smallest absolute Gasteiger partial charge is 0.316 e. The molecular formula is C12H17N5OS. The highest BCUT2D eigenvalue weighted by Gasteiger charge is 2.07. The minimum atomic E-state index is -0.116. The number of amides is 2. The number of fused-ring (bicyclic) bond motifs is 1. The fraction of sp³-hybridized carbons (Fsp3) is 0.417. The summed E-state index contributed by atoms with van der Waals surface area (Å²) in [7, 11) is 3.41. The first-order valence-corrected chi connectivity index (χ1v) is 6.40. The molecule has 19 heavy (non-hydrogen) atoms. The molecule has 0 radical (unpaired) electrons. The number of hydrogen-bond acceptors (Lipinski definition) is 3. The number of aromatic amines is 1. The van der Waals surface area contributed by atoms with Crippen molar-refractivity contribution in [3.8, 4) is 0 Å². The van der Waals surface area contributed by atoms with E-state index in [-0.39, 0.29) is 6.03 Å². The second-order valence-electron chi connectivity index (χ2n) is 4.59. The summed E-state index contributed by atoms with van der Waals surface area (Å²) in [4.78, 5) is 20.4. The van der Waals surface area contributed by atoms with Gasteiger partial charge >= 0.3 is 6.03 Å². The zero-order valence-corrected chi connectivity index (χ0v) is 12.0. The van der Waals surface area contributed by atoms with Crippen molar-refractivity contribution in [2.75, 3.05) is 20.6 Å². The summed E-state index contributed by atoms with van der Waals surface area (Å²) in [5.74, 6) is 0. The van der Waals surface area contributed by atoms with Crippen molar-refractivity contribution in [3.63, 3.8) is 0 Å². The molecule has 0 fully saturated rings. The average molecular weight is 279 g/mol. The number of hydrogen-bond donors (Lipinski definition) is 2. The van der Waals surface area contributed by atoms with Crippen LogP contribution in [0.1, 0.15) is 5.56 Å². The number of carbonyl (C=O) groups is 1. The summed E-state index contributed by atoms with van der Waals surface area (Å²) in [5.41, 5.74) is 2.82. The van der Waals surface area contributed by atoms with E-state index < -0.39 is 0 Å². The van der Waals surface area contributed by atoms with E-state index in [0.717, 1.165) is 16.7 Å². The molecule has 0 aromatic carbocycles. The van der Waals surface area contributed by atoms with Crippen LogP contribution in [-0.4, -0.2) is 46.1 Å². The topological polar surface area (TPSA) is 66.0 Å². The lowest BCUT2D eigenvalue weighted by Crippen LogP contribution is -2.36. The first kappa shape index (κ1) is 13.5. The predicted octanol–water partition coefficient (Wildman–Crippen LogP) is 1.67. The Morgan fingerprint density at radius 2 is 2.32 bits per heavy atom. The van der Waals surface area contributed by atoms with Crippen LogP contribution in [0.15, 0.2) is 12.3 Å². The summed E-state index contributed by atoms with van der Waals surface area (Å²) in [6, 6.07) is 1.89. The molecule has 2 N–H and O–H groups in total. The third-order valence-electron chi connectivity index (χ3n) is 2.76. The highest BCUT2D eigenvalue weighted by molar-refractivity contribution is 7.71. The van der Waals surface area contributed by atoms with Gasteiger partial charge in [0.2, 0.25) is 0 Å². The molecule has 2 rings (SSSR count). The number of urea groups is 1. The van der Waals surface area contributed by atoms with Crippen molar-refractivity contribution >= 4 is 29.4 Å². The first-order chi connectivity index (χ1) is 8.99. The molecule has 2 aromatic heterocycles. The highest BCUT2D eigenvalue weighted by Crippen LogP contribution is 2.12. The Hall–Kier alpha value is -1.89. The third-order valence-corrected chi connectivity index (χ3v) is 3.09. The molecule has 7 heteroatoms. The molecule has 2 amide bonds.